The van der Waals surface area contributed by atoms with Gasteiger partial charge in [0.05, 0.1) is 13.2 Å². The maximum Gasteiger partial charge on any atom is 0.215 e. The Hall–Kier alpha value is -1.42. The molecule has 3 rings (SSSR count). The summed E-state index contributed by atoms with van der Waals surface area (Å²) < 4.78 is 12.8. The summed E-state index contributed by atoms with van der Waals surface area (Å²) in [4.78, 5) is 0. The smallest absolute Gasteiger partial charge is 0.215 e. The zero-order valence-corrected chi connectivity index (χ0v) is 12.5. The van der Waals surface area contributed by atoms with Crippen molar-refractivity contribution in [3.63, 3.8) is 0 Å². The monoisotopic (exact) mass is 330 g/mol. The van der Waals surface area contributed by atoms with Gasteiger partial charge in [-0.25, -0.2) is 0 Å². The van der Waals surface area contributed by atoms with Gasteiger partial charge in [0.25, 0.3) is 0 Å². The molecule has 0 saturated carbocycles. The van der Waals surface area contributed by atoms with Crippen molar-refractivity contribution in [1.29, 1.82) is 0 Å². The van der Waals surface area contributed by atoms with Crippen LogP contribution in [0.15, 0.2) is 65.1 Å². The average molecular weight is 331 g/mol. The Labute approximate surface area is 127 Å². The quantitative estimate of drug-likeness (QED) is 0.832. The summed E-state index contributed by atoms with van der Waals surface area (Å²) in [6.07, 6.45) is 4.01. The Morgan fingerprint density at radius 1 is 0.900 bits per heavy atom. The first-order valence-corrected chi connectivity index (χ1v) is 7.37. The van der Waals surface area contributed by atoms with Crippen molar-refractivity contribution in [2.75, 3.05) is 13.2 Å². The SMILES string of the molecule is Brc1ccccc1/C=C/C1(c2ccccc2)OCCO1. The first-order valence-electron chi connectivity index (χ1n) is 6.57. The molecule has 2 nitrogen and oxygen atoms in total. The standard InChI is InChI=1S/C17H15BrO2/c18-16-9-5-4-6-14(16)10-11-17(19-12-13-20-17)15-7-2-1-3-8-15/h1-11H,12-13H2/b11-10+. The van der Waals surface area contributed by atoms with Gasteiger partial charge >= 0.3 is 0 Å². The van der Waals surface area contributed by atoms with Gasteiger partial charge in [0.15, 0.2) is 0 Å². The molecular formula is C17H15BrO2. The Morgan fingerprint density at radius 3 is 2.25 bits per heavy atom. The van der Waals surface area contributed by atoms with Crippen molar-refractivity contribution in [1.82, 2.24) is 0 Å². The van der Waals surface area contributed by atoms with E-state index in [1.54, 1.807) is 0 Å². The minimum Gasteiger partial charge on any atom is -0.340 e. The van der Waals surface area contributed by atoms with Crippen LogP contribution in [0.2, 0.25) is 0 Å². The van der Waals surface area contributed by atoms with Crippen LogP contribution in [0, 0.1) is 0 Å². The van der Waals surface area contributed by atoms with E-state index in [1.807, 2.05) is 66.7 Å². The molecule has 0 amide bonds. The number of rotatable bonds is 3. The molecule has 1 aliphatic heterocycles. The minimum atomic E-state index is -0.767. The Kier molecular flexibility index (Phi) is 4.01. The molecule has 1 aliphatic rings. The number of ether oxygens (including phenoxy) is 2. The normalized spacial score (nSPS) is 17.6. The maximum absolute atomic E-state index is 5.86. The molecule has 0 bridgehead atoms. The van der Waals surface area contributed by atoms with Crippen molar-refractivity contribution in [3.8, 4) is 0 Å². The number of halogens is 1. The lowest BCUT2D eigenvalue weighted by atomic mass is 10.0. The molecule has 0 unspecified atom stereocenters. The first-order chi connectivity index (χ1) is 9.80. The van der Waals surface area contributed by atoms with Crippen LogP contribution in [0.1, 0.15) is 11.1 Å². The average Bonchev–Trinajstić information content (AvgIpc) is 2.98. The Morgan fingerprint density at radius 2 is 1.55 bits per heavy atom. The van der Waals surface area contributed by atoms with E-state index in [4.69, 9.17) is 9.47 Å². The van der Waals surface area contributed by atoms with E-state index in [1.165, 1.54) is 0 Å². The number of hydrogen-bond acceptors (Lipinski definition) is 2. The molecule has 2 aromatic rings. The first kappa shape index (κ1) is 13.6. The molecule has 0 atom stereocenters. The molecule has 0 spiro atoms. The molecule has 0 radical (unpaired) electrons. The summed E-state index contributed by atoms with van der Waals surface area (Å²) in [5.74, 6) is -0.767. The van der Waals surface area contributed by atoms with Crippen LogP contribution in [0.4, 0.5) is 0 Å². The lowest BCUT2D eigenvalue weighted by Gasteiger charge is -2.24. The summed E-state index contributed by atoms with van der Waals surface area (Å²) in [5, 5.41) is 0. The van der Waals surface area contributed by atoms with Gasteiger partial charge in [0.2, 0.25) is 5.79 Å². The van der Waals surface area contributed by atoms with Gasteiger partial charge in [0.1, 0.15) is 0 Å². The van der Waals surface area contributed by atoms with Gasteiger partial charge in [-0.1, -0.05) is 70.5 Å². The third kappa shape index (κ3) is 2.70. The second-order valence-corrected chi connectivity index (χ2v) is 5.44. The molecule has 1 heterocycles. The van der Waals surface area contributed by atoms with Gasteiger partial charge in [-0.3, -0.25) is 0 Å². The van der Waals surface area contributed by atoms with E-state index in [0.717, 1.165) is 15.6 Å². The minimum absolute atomic E-state index is 0.606. The molecule has 3 heteroatoms. The summed E-state index contributed by atoms with van der Waals surface area (Å²) in [6.45, 7) is 1.21. The van der Waals surface area contributed by atoms with Crippen LogP contribution in [0.3, 0.4) is 0 Å². The van der Waals surface area contributed by atoms with E-state index >= 15 is 0 Å². The van der Waals surface area contributed by atoms with Gasteiger partial charge in [-0.05, 0) is 17.7 Å². The molecular weight excluding hydrogens is 316 g/mol. The molecule has 0 aliphatic carbocycles. The van der Waals surface area contributed by atoms with Crippen LogP contribution in [-0.2, 0) is 15.3 Å². The van der Waals surface area contributed by atoms with Crippen molar-refractivity contribution in [2.24, 2.45) is 0 Å². The second-order valence-electron chi connectivity index (χ2n) is 4.59. The zero-order chi connectivity index (χ0) is 13.8. The highest BCUT2D eigenvalue weighted by Crippen LogP contribution is 2.34. The summed E-state index contributed by atoms with van der Waals surface area (Å²) in [6, 6.07) is 18.1. The van der Waals surface area contributed by atoms with Crippen LogP contribution < -0.4 is 0 Å². The molecule has 20 heavy (non-hydrogen) atoms. The molecule has 1 saturated heterocycles. The van der Waals surface area contributed by atoms with Gasteiger partial charge in [-0.15, -0.1) is 0 Å². The summed E-state index contributed by atoms with van der Waals surface area (Å²) in [7, 11) is 0. The Balaban J connectivity index is 1.95. The number of hydrogen-bond donors (Lipinski definition) is 0. The van der Waals surface area contributed by atoms with Crippen molar-refractivity contribution < 1.29 is 9.47 Å². The predicted molar refractivity (Wildman–Crippen MR) is 83.2 cm³/mol. The van der Waals surface area contributed by atoms with Gasteiger partial charge in [0, 0.05) is 10.0 Å². The Bertz CT molecular complexity index is 601. The summed E-state index contributed by atoms with van der Waals surface area (Å²) >= 11 is 3.55. The lowest BCUT2D eigenvalue weighted by molar-refractivity contribution is -0.122. The van der Waals surface area contributed by atoms with Crippen LogP contribution >= 0.6 is 15.9 Å². The fourth-order valence-electron chi connectivity index (χ4n) is 2.27. The lowest BCUT2D eigenvalue weighted by Crippen LogP contribution is -2.24. The molecule has 0 aromatic heterocycles. The van der Waals surface area contributed by atoms with E-state index in [-0.39, 0.29) is 0 Å². The highest BCUT2D eigenvalue weighted by atomic mass is 79.9. The molecule has 0 N–H and O–H groups in total. The largest absolute Gasteiger partial charge is 0.340 e. The van der Waals surface area contributed by atoms with Gasteiger partial charge < -0.3 is 9.47 Å². The highest BCUT2D eigenvalue weighted by molar-refractivity contribution is 9.10. The fourth-order valence-corrected chi connectivity index (χ4v) is 2.68. The molecule has 2 aromatic carbocycles. The third-order valence-corrected chi connectivity index (χ3v) is 4.00. The third-order valence-electron chi connectivity index (χ3n) is 3.28. The van der Waals surface area contributed by atoms with Crippen LogP contribution in [0.25, 0.3) is 6.08 Å². The predicted octanol–water partition coefficient (Wildman–Crippen LogP) is 4.36. The van der Waals surface area contributed by atoms with E-state index in [0.29, 0.717) is 13.2 Å². The molecule has 102 valence electrons. The highest BCUT2D eigenvalue weighted by Gasteiger charge is 2.35. The van der Waals surface area contributed by atoms with Crippen molar-refractivity contribution >= 4 is 22.0 Å². The van der Waals surface area contributed by atoms with Gasteiger partial charge in [-0.2, -0.15) is 0 Å². The van der Waals surface area contributed by atoms with E-state index in [2.05, 4.69) is 15.9 Å². The topological polar surface area (TPSA) is 18.5 Å². The number of benzene rings is 2. The van der Waals surface area contributed by atoms with Crippen LogP contribution in [0.5, 0.6) is 0 Å². The van der Waals surface area contributed by atoms with E-state index < -0.39 is 5.79 Å². The molecule has 1 fully saturated rings. The zero-order valence-electron chi connectivity index (χ0n) is 11.0. The fraction of sp³-hybridized carbons (Fsp3) is 0.176. The van der Waals surface area contributed by atoms with E-state index in [9.17, 15) is 0 Å². The summed E-state index contributed by atoms with van der Waals surface area (Å²) in [5.41, 5.74) is 2.11. The van der Waals surface area contributed by atoms with Crippen LogP contribution in [-0.4, -0.2) is 13.2 Å². The maximum atomic E-state index is 5.86. The second kappa shape index (κ2) is 5.92. The van der Waals surface area contributed by atoms with Crippen molar-refractivity contribution in [2.45, 2.75) is 5.79 Å². The van der Waals surface area contributed by atoms with Crippen molar-refractivity contribution in [3.05, 3.63) is 76.3 Å².